The van der Waals surface area contributed by atoms with E-state index in [2.05, 4.69) is 46.1 Å². The summed E-state index contributed by atoms with van der Waals surface area (Å²) >= 11 is 0. The Balaban J connectivity index is 2.79. The molecule has 0 saturated carbocycles. The van der Waals surface area contributed by atoms with Gasteiger partial charge in [-0.2, -0.15) is 0 Å². The van der Waals surface area contributed by atoms with Crippen LogP contribution in [0.3, 0.4) is 0 Å². The number of unbranched alkanes of at least 4 members (excludes halogenated alkanes) is 3. The van der Waals surface area contributed by atoms with Gasteiger partial charge in [0.15, 0.2) is 8.32 Å². The number of Topliss-reactive ketones (excluding diaryl/α,β-unsaturated/α-hetero) is 2. The van der Waals surface area contributed by atoms with E-state index < -0.39 is 26.1 Å². The Hall–Kier alpha value is -1.05. The topological polar surface area (TPSA) is 85.0 Å². The maximum atomic E-state index is 13.4. The molecule has 0 aliphatic carbocycles. The molecule has 0 unspecified atom stereocenters. The monoisotopic (exact) mass is 469 g/mol. The molecule has 1 rings (SSSR count). The molecule has 0 aromatic rings. The molecule has 1 aliphatic heterocycles. The zero-order valence-electron chi connectivity index (χ0n) is 21.9. The first-order valence-corrected chi connectivity index (χ1v) is 15.3. The average Bonchev–Trinajstić information content (AvgIpc) is 3.42. The zero-order valence-corrected chi connectivity index (χ0v) is 22.9. The van der Waals surface area contributed by atoms with Crippen LogP contribution >= 0.6 is 0 Å². The maximum absolute atomic E-state index is 13.4. The van der Waals surface area contributed by atoms with Crippen LogP contribution in [0.5, 0.6) is 0 Å². The van der Waals surface area contributed by atoms with Crippen LogP contribution in [0.15, 0.2) is 0 Å². The van der Waals surface area contributed by atoms with Gasteiger partial charge in [0, 0.05) is 18.8 Å². The highest BCUT2D eigenvalue weighted by molar-refractivity contribution is 6.74. The Bertz CT molecular complexity index is 649. The van der Waals surface area contributed by atoms with E-state index in [-0.39, 0.29) is 41.5 Å². The second kappa shape index (κ2) is 11.9. The van der Waals surface area contributed by atoms with E-state index in [0.717, 1.165) is 25.7 Å². The Kier molecular flexibility index (Phi) is 10.8. The number of carbonyl (C=O) groups excluding carboxylic acids is 3. The standard InChI is InChI=1S/C25H47NO5Si/c1-10-11-12-13-14-20(27)16-19(4)23(29)26-21(15-18(2)3)22(28)25(17-30-25)31-32(8,9)24(5,6)7/h18-19,21H,10-17H2,1-9H3,(H,26,29)/t19-,21+,25+/m1/s1. The molecule has 1 N–H and O–H groups in total. The van der Waals surface area contributed by atoms with E-state index in [1.165, 1.54) is 0 Å². The van der Waals surface area contributed by atoms with Crippen molar-refractivity contribution in [2.45, 2.75) is 123 Å². The molecule has 0 radical (unpaired) electrons. The third kappa shape index (κ3) is 8.71. The summed E-state index contributed by atoms with van der Waals surface area (Å²) in [6.07, 6.45) is 5.41. The second-order valence-corrected chi connectivity index (χ2v) is 16.1. The minimum Gasteiger partial charge on any atom is -0.382 e. The van der Waals surface area contributed by atoms with Crippen molar-refractivity contribution >= 4 is 25.8 Å². The number of hydrogen-bond donors (Lipinski definition) is 1. The number of ether oxygens (including phenoxy) is 1. The van der Waals surface area contributed by atoms with Gasteiger partial charge in [0.05, 0.1) is 6.04 Å². The fourth-order valence-electron chi connectivity index (χ4n) is 3.45. The van der Waals surface area contributed by atoms with Crippen LogP contribution in [0.4, 0.5) is 0 Å². The molecule has 32 heavy (non-hydrogen) atoms. The highest BCUT2D eigenvalue weighted by atomic mass is 28.4. The van der Waals surface area contributed by atoms with Gasteiger partial charge in [0.1, 0.15) is 12.4 Å². The molecule has 6 nitrogen and oxygen atoms in total. The van der Waals surface area contributed by atoms with Crippen LogP contribution in [-0.4, -0.2) is 44.2 Å². The van der Waals surface area contributed by atoms with Crippen LogP contribution < -0.4 is 5.32 Å². The lowest BCUT2D eigenvalue weighted by molar-refractivity contribution is -0.140. The first-order valence-electron chi connectivity index (χ1n) is 12.4. The van der Waals surface area contributed by atoms with Crippen molar-refractivity contribution in [3.63, 3.8) is 0 Å². The quantitative estimate of drug-likeness (QED) is 0.197. The Morgan fingerprint density at radius 3 is 2.16 bits per heavy atom. The molecule has 0 aromatic heterocycles. The van der Waals surface area contributed by atoms with Gasteiger partial charge in [-0.25, -0.2) is 0 Å². The minimum atomic E-state index is -2.23. The number of epoxide rings is 1. The molecule has 1 fully saturated rings. The summed E-state index contributed by atoms with van der Waals surface area (Å²) in [7, 11) is -2.23. The van der Waals surface area contributed by atoms with Crippen molar-refractivity contribution in [1.82, 2.24) is 5.32 Å². The van der Waals surface area contributed by atoms with Crippen molar-refractivity contribution in [3.8, 4) is 0 Å². The summed E-state index contributed by atoms with van der Waals surface area (Å²) in [5.74, 6) is -1.85. The molecule has 0 spiro atoms. The van der Waals surface area contributed by atoms with Crippen molar-refractivity contribution in [2.24, 2.45) is 11.8 Å². The van der Waals surface area contributed by atoms with Crippen molar-refractivity contribution in [2.75, 3.05) is 6.61 Å². The smallest absolute Gasteiger partial charge is 0.246 e. The van der Waals surface area contributed by atoms with Crippen LogP contribution in [0.25, 0.3) is 0 Å². The Morgan fingerprint density at radius 2 is 1.69 bits per heavy atom. The first kappa shape index (κ1) is 29.0. The maximum Gasteiger partial charge on any atom is 0.246 e. The summed E-state index contributed by atoms with van der Waals surface area (Å²) in [5.41, 5.74) is 0. The Morgan fingerprint density at radius 1 is 1.09 bits per heavy atom. The van der Waals surface area contributed by atoms with Gasteiger partial charge in [0.2, 0.25) is 17.5 Å². The van der Waals surface area contributed by atoms with Crippen molar-refractivity contribution in [3.05, 3.63) is 0 Å². The third-order valence-corrected chi connectivity index (χ3v) is 11.1. The molecule has 3 atom stereocenters. The normalized spacial score (nSPS) is 20.7. The van der Waals surface area contributed by atoms with Crippen LogP contribution in [0.2, 0.25) is 18.1 Å². The van der Waals surface area contributed by atoms with Crippen molar-refractivity contribution in [1.29, 1.82) is 0 Å². The number of carbonyl (C=O) groups is 3. The fourth-order valence-corrected chi connectivity index (χ4v) is 4.80. The van der Waals surface area contributed by atoms with E-state index in [4.69, 9.17) is 9.16 Å². The lowest BCUT2D eigenvalue weighted by Gasteiger charge is -2.38. The highest BCUT2D eigenvalue weighted by Gasteiger charge is 2.60. The lowest BCUT2D eigenvalue weighted by atomic mass is 9.95. The summed E-state index contributed by atoms with van der Waals surface area (Å²) in [5, 5.41) is 2.85. The Labute approximate surface area is 196 Å². The molecule has 7 heteroatoms. The average molecular weight is 470 g/mol. The van der Waals surface area contributed by atoms with Gasteiger partial charge in [-0.05, 0) is 36.9 Å². The van der Waals surface area contributed by atoms with E-state index >= 15 is 0 Å². The number of rotatable bonds is 15. The summed E-state index contributed by atoms with van der Waals surface area (Å²) in [6.45, 7) is 18.7. The molecule has 1 aliphatic rings. The van der Waals surface area contributed by atoms with Gasteiger partial charge in [0.25, 0.3) is 0 Å². The number of nitrogens with one attached hydrogen (secondary N) is 1. The van der Waals surface area contributed by atoms with E-state index in [9.17, 15) is 14.4 Å². The van der Waals surface area contributed by atoms with Crippen molar-refractivity contribution < 1.29 is 23.5 Å². The summed E-state index contributed by atoms with van der Waals surface area (Å²) in [4.78, 5) is 38.6. The highest BCUT2D eigenvalue weighted by Crippen LogP contribution is 2.44. The van der Waals surface area contributed by atoms with Gasteiger partial charge in [-0.3, -0.25) is 14.4 Å². The van der Waals surface area contributed by atoms with E-state index in [1.807, 2.05) is 13.8 Å². The molecular weight excluding hydrogens is 422 g/mol. The fraction of sp³-hybridized carbons (Fsp3) is 0.880. The summed E-state index contributed by atoms with van der Waals surface area (Å²) < 4.78 is 11.9. The van der Waals surface area contributed by atoms with Crippen LogP contribution in [0, 0.1) is 11.8 Å². The SMILES string of the molecule is CCCCCCC(=O)C[C@@H](C)C(=O)N[C@@H](CC(C)C)C(=O)[C@@]1(O[Si](C)(C)C(C)(C)C)CO1. The molecule has 1 saturated heterocycles. The zero-order chi connectivity index (χ0) is 24.7. The van der Waals surface area contributed by atoms with Gasteiger partial charge in [-0.1, -0.05) is 67.7 Å². The molecule has 1 heterocycles. The predicted molar refractivity (Wildman–Crippen MR) is 131 cm³/mol. The molecular formula is C25H47NO5Si. The third-order valence-electron chi connectivity index (χ3n) is 6.64. The number of ketones is 2. The van der Waals surface area contributed by atoms with Crippen LogP contribution in [0.1, 0.15) is 93.4 Å². The second-order valence-electron chi connectivity index (χ2n) is 11.4. The molecule has 186 valence electrons. The van der Waals surface area contributed by atoms with E-state index in [0.29, 0.717) is 12.8 Å². The molecule has 1 amide bonds. The predicted octanol–water partition coefficient (Wildman–Crippen LogP) is 5.40. The molecule has 0 bridgehead atoms. The van der Waals surface area contributed by atoms with Gasteiger partial charge >= 0.3 is 0 Å². The first-order chi connectivity index (χ1) is 14.6. The van der Waals surface area contributed by atoms with Gasteiger partial charge < -0.3 is 14.5 Å². The summed E-state index contributed by atoms with van der Waals surface area (Å²) in [6, 6.07) is -0.683. The van der Waals surface area contributed by atoms with Crippen LogP contribution in [-0.2, 0) is 23.5 Å². The van der Waals surface area contributed by atoms with Gasteiger partial charge in [-0.15, -0.1) is 0 Å². The lowest BCUT2D eigenvalue weighted by Crippen LogP contribution is -2.54. The minimum absolute atomic E-state index is 0.0605. The molecule has 0 aromatic carbocycles. The largest absolute Gasteiger partial charge is 0.382 e. The number of amides is 1. The van der Waals surface area contributed by atoms with E-state index in [1.54, 1.807) is 6.92 Å². The number of hydrogen-bond acceptors (Lipinski definition) is 5.